The summed E-state index contributed by atoms with van der Waals surface area (Å²) >= 11 is 0. The SMILES string of the molecule is COCCN(CCO)CC1CC(C(C)(C)C)CCC1O. The molecule has 0 aromatic heterocycles. The normalized spacial score (nSPS) is 28.1. The van der Waals surface area contributed by atoms with E-state index >= 15 is 0 Å². The van der Waals surface area contributed by atoms with E-state index in [-0.39, 0.29) is 12.7 Å². The predicted octanol–water partition coefficient (Wildman–Crippen LogP) is 1.75. The van der Waals surface area contributed by atoms with Gasteiger partial charge in [0.05, 0.1) is 19.3 Å². The summed E-state index contributed by atoms with van der Waals surface area (Å²) in [5.74, 6) is 0.991. The van der Waals surface area contributed by atoms with Crippen LogP contribution in [0.15, 0.2) is 0 Å². The summed E-state index contributed by atoms with van der Waals surface area (Å²) in [5, 5.41) is 19.4. The van der Waals surface area contributed by atoms with Crippen molar-refractivity contribution in [3.8, 4) is 0 Å². The van der Waals surface area contributed by atoms with Crippen molar-refractivity contribution in [1.29, 1.82) is 0 Å². The number of rotatable bonds is 7. The second-order valence-electron chi connectivity index (χ2n) is 7.22. The molecule has 1 saturated carbocycles. The zero-order valence-electron chi connectivity index (χ0n) is 13.6. The Morgan fingerprint density at radius 3 is 2.45 bits per heavy atom. The van der Waals surface area contributed by atoms with Gasteiger partial charge in [-0.1, -0.05) is 20.8 Å². The summed E-state index contributed by atoms with van der Waals surface area (Å²) in [5.41, 5.74) is 0.312. The van der Waals surface area contributed by atoms with Gasteiger partial charge in [0.2, 0.25) is 0 Å². The van der Waals surface area contributed by atoms with Gasteiger partial charge in [0, 0.05) is 26.7 Å². The minimum absolute atomic E-state index is 0.162. The Kier molecular flexibility index (Phi) is 7.45. The van der Waals surface area contributed by atoms with Gasteiger partial charge in [-0.3, -0.25) is 4.90 Å². The monoisotopic (exact) mass is 287 g/mol. The molecule has 1 aliphatic rings. The van der Waals surface area contributed by atoms with Gasteiger partial charge in [-0.2, -0.15) is 0 Å². The minimum Gasteiger partial charge on any atom is -0.395 e. The number of aliphatic hydroxyl groups excluding tert-OH is 2. The second-order valence-corrected chi connectivity index (χ2v) is 7.22. The van der Waals surface area contributed by atoms with Crippen LogP contribution in [0.25, 0.3) is 0 Å². The molecule has 1 fully saturated rings. The molecule has 0 aromatic rings. The van der Waals surface area contributed by atoms with E-state index in [1.807, 2.05) is 0 Å². The number of methoxy groups -OCH3 is 1. The maximum Gasteiger partial charge on any atom is 0.0589 e. The van der Waals surface area contributed by atoms with Gasteiger partial charge in [0.1, 0.15) is 0 Å². The third kappa shape index (κ3) is 5.68. The minimum atomic E-state index is -0.197. The zero-order valence-corrected chi connectivity index (χ0v) is 13.6. The molecule has 1 aliphatic carbocycles. The van der Waals surface area contributed by atoms with E-state index < -0.39 is 0 Å². The highest BCUT2D eigenvalue weighted by molar-refractivity contribution is 4.87. The number of aliphatic hydroxyl groups is 2. The molecule has 0 bridgehead atoms. The first-order valence-electron chi connectivity index (χ1n) is 7.88. The molecule has 0 aromatic carbocycles. The molecule has 0 amide bonds. The molecule has 120 valence electrons. The molecular formula is C16H33NO3. The van der Waals surface area contributed by atoms with Crippen molar-refractivity contribution in [3.05, 3.63) is 0 Å². The number of hydrogen-bond donors (Lipinski definition) is 2. The highest BCUT2D eigenvalue weighted by atomic mass is 16.5. The van der Waals surface area contributed by atoms with Crippen LogP contribution in [-0.4, -0.2) is 61.2 Å². The van der Waals surface area contributed by atoms with Crippen molar-refractivity contribution >= 4 is 0 Å². The Hall–Kier alpha value is -0.160. The van der Waals surface area contributed by atoms with Crippen molar-refractivity contribution in [2.75, 3.05) is 40.0 Å². The quantitative estimate of drug-likeness (QED) is 0.749. The van der Waals surface area contributed by atoms with Crippen molar-refractivity contribution in [2.24, 2.45) is 17.3 Å². The first-order valence-corrected chi connectivity index (χ1v) is 7.88. The van der Waals surface area contributed by atoms with E-state index in [4.69, 9.17) is 9.84 Å². The Bertz CT molecular complexity index is 265. The van der Waals surface area contributed by atoms with Gasteiger partial charge in [-0.15, -0.1) is 0 Å². The van der Waals surface area contributed by atoms with Crippen molar-refractivity contribution < 1.29 is 14.9 Å². The summed E-state index contributed by atoms with van der Waals surface area (Å²) in [6, 6.07) is 0. The van der Waals surface area contributed by atoms with Crippen LogP contribution in [0.3, 0.4) is 0 Å². The lowest BCUT2D eigenvalue weighted by atomic mass is 9.68. The fourth-order valence-electron chi connectivity index (χ4n) is 3.22. The number of nitrogens with zero attached hydrogens (tertiary/aromatic N) is 1. The summed E-state index contributed by atoms with van der Waals surface area (Å²) in [7, 11) is 1.70. The Labute approximate surface area is 124 Å². The summed E-state index contributed by atoms with van der Waals surface area (Å²) in [6.07, 6.45) is 2.92. The first-order chi connectivity index (χ1) is 9.38. The summed E-state index contributed by atoms with van der Waals surface area (Å²) in [6.45, 7) is 10.1. The lowest BCUT2D eigenvalue weighted by Crippen LogP contribution is -2.43. The van der Waals surface area contributed by atoms with Crippen LogP contribution < -0.4 is 0 Å². The Morgan fingerprint density at radius 2 is 1.90 bits per heavy atom. The van der Waals surface area contributed by atoms with Crippen LogP contribution in [0.2, 0.25) is 0 Å². The van der Waals surface area contributed by atoms with Gasteiger partial charge >= 0.3 is 0 Å². The lowest BCUT2D eigenvalue weighted by Gasteiger charge is -2.41. The molecule has 0 radical (unpaired) electrons. The van der Waals surface area contributed by atoms with Crippen LogP contribution in [0.4, 0.5) is 0 Å². The average Bonchev–Trinajstić information content (AvgIpc) is 2.37. The molecule has 0 aliphatic heterocycles. The van der Waals surface area contributed by atoms with Gasteiger partial charge < -0.3 is 14.9 Å². The van der Waals surface area contributed by atoms with E-state index in [2.05, 4.69) is 25.7 Å². The fraction of sp³-hybridized carbons (Fsp3) is 1.00. The molecule has 0 heterocycles. The molecule has 4 nitrogen and oxygen atoms in total. The molecule has 20 heavy (non-hydrogen) atoms. The van der Waals surface area contributed by atoms with E-state index in [1.165, 1.54) is 0 Å². The van der Waals surface area contributed by atoms with Crippen LogP contribution in [-0.2, 0) is 4.74 Å². The molecule has 1 rings (SSSR count). The van der Waals surface area contributed by atoms with Gasteiger partial charge in [0.25, 0.3) is 0 Å². The van der Waals surface area contributed by atoms with E-state index in [0.717, 1.165) is 32.4 Å². The Morgan fingerprint density at radius 1 is 1.20 bits per heavy atom. The molecular weight excluding hydrogens is 254 g/mol. The number of hydrogen-bond acceptors (Lipinski definition) is 4. The van der Waals surface area contributed by atoms with Gasteiger partial charge in [0.15, 0.2) is 0 Å². The molecule has 4 heteroatoms. The van der Waals surface area contributed by atoms with Crippen molar-refractivity contribution in [2.45, 2.75) is 46.1 Å². The van der Waals surface area contributed by atoms with Crippen LogP contribution in [0.1, 0.15) is 40.0 Å². The van der Waals surface area contributed by atoms with Crippen LogP contribution in [0, 0.1) is 17.3 Å². The van der Waals surface area contributed by atoms with Crippen LogP contribution >= 0.6 is 0 Å². The van der Waals surface area contributed by atoms with Crippen molar-refractivity contribution in [1.82, 2.24) is 4.90 Å². The molecule has 0 spiro atoms. The van der Waals surface area contributed by atoms with E-state index in [1.54, 1.807) is 7.11 Å². The van der Waals surface area contributed by atoms with Crippen LogP contribution in [0.5, 0.6) is 0 Å². The topological polar surface area (TPSA) is 52.9 Å². The lowest BCUT2D eigenvalue weighted by molar-refractivity contribution is -0.00192. The molecule has 2 N–H and O–H groups in total. The van der Waals surface area contributed by atoms with Gasteiger partial charge in [-0.25, -0.2) is 0 Å². The zero-order chi connectivity index (χ0) is 15.2. The van der Waals surface area contributed by atoms with E-state index in [9.17, 15) is 5.11 Å². The molecule has 0 saturated heterocycles. The van der Waals surface area contributed by atoms with Gasteiger partial charge in [-0.05, 0) is 36.5 Å². The average molecular weight is 287 g/mol. The Balaban J connectivity index is 2.56. The predicted molar refractivity (Wildman–Crippen MR) is 81.7 cm³/mol. The molecule has 3 atom stereocenters. The summed E-state index contributed by atoms with van der Waals surface area (Å²) in [4.78, 5) is 2.21. The highest BCUT2D eigenvalue weighted by Gasteiger charge is 2.35. The fourth-order valence-corrected chi connectivity index (χ4v) is 3.22. The second kappa shape index (κ2) is 8.32. The first kappa shape index (κ1) is 17.9. The maximum atomic E-state index is 10.3. The molecule has 3 unspecified atom stereocenters. The summed E-state index contributed by atoms with van der Waals surface area (Å²) < 4.78 is 5.12. The standard InChI is InChI=1S/C16H33NO3/c1-16(2,3)14-5-6-15(19)13(11-14)12-17(7-9-18)8-10-20-4/h13-15,18-19H,5-12H2,1-4H3. The number of ether oxygens (including phenoxy) is 1. The largest absolute Gasteiger partial charge is 0.395 e. The maximum absolute atomic E-state index is 10.3. The third-order valence-corrected chi connectivity index (χ3v) is 4.69. The highest BCUT2D eigenvalue weighted by Crippen LogP contribution is 2.40. The van der Waals surface area contributed by atoms with E-state index in [0.29, 0.717) is 30.4 Å². The van der Waals surface area contributed by atoms with Crippen molar-refractivity contribution in [3.63, 3.8) is 0 Å². The smallest absolute Gasteiger partial charge is 0.0589 e. The third-order valence-electron chi connectivity index (χ3n) is 4.69.